The summed E-state index contributed by atoms with van der Waals surface area (Å²) in [6.07, 6.45) is -3.19. The second kappa shape index (κ2) is 8.18. The number of carbonyl (C=O) groups is 1. The Balaban J connectivity index is 1.88. The molecule has 1 N–H and O–H groups in total. The Morgan fingerprint density at radius 2 is 1.84 bits per heavy atom. The Morgan fingerprint density at radius 3 is 2.48 bits per heavy atom. The molecule has 25 heavy (non-hydrogen) atoms. The molecule has 0 aliphatic heterocycles. The average Bonchev–Trinajstić information content (AvgIpc) is 2.59. The summed E-state index contributed by atoms with van der Waals surface area (Å²) in [5.74, 6) is -0.0654. The van der Waals surface area contributed by atoms with Crippen molar-refractivity contribution in [3.05, 3.63) is 59.7 Å². The minimum absolute atomic E-state index is 0.331. The van der Waals surface area contributed by atoms with Crippen molar-refractivity contribution in [3.8, 4) is 5.75 Å². The summed E-state index contributed by atoms with van der Waals surface area (Å²) >= 11 is 0. The zero-order chi connectivity index (χ0) is 18.3. The molecule has 0 aliphatic carbocycles. The third kappa shape index (κ3) is 5.52. The SMILES string of the molecule is COc1ccc(/C=N/OCC(=O)Nc2ccccc2C(F)(F)F)cc1. The fourth-order valence-corrected chi connectivity index (χ4v) is 1.91. The van der Waals surface area contributed by atoms with E-state index in [1.165, 1.54) is 24.4 Å². The minimum atomic E-state index is -4.56. The largest absolute Gasteiger partial charge is 0.497 e. The Morgan fingerprint density at radius 1 is 1.16 bits per heavy atom. The number of hydrogen-bond donors (Lipinski definition) is 1. The van der Waals surface area contributed by atoms with Crippen molar-refractivity contribution in [1.82, 2.24) is 0 Å². The first kappa shape index (κ1) is 18.3. The number of halogens is 3. The number of methoxy groups -OCH3 is 1. The zero-order valence-electron chi connectivity index (χ0n) is 13.2. The van der Waals surface area contributed by atoms with Crippen LogP contribution in [0.5, 0.6) is 5.75 Å². The summed E-state index contributed by atoms with van der Waals surface area (Å²) in [6, 6.07) is 11.6. The number of ether oxygens (including phenoxy) is 1. The van der Waals surface area contributed by atoms with E-state index >= 15 is 0 Å². The molecule has 2 aromatic carbocycles. The van der Waals surface area contributed by atoms with Gasteiger partial charge in [-0.15, -0.1) is 0 Å². The molecule has 0 fully saturated rings. The van der Waals surface area contributed by atoms with Crippen LogP contribution < -0.4 is 10.1 Å². The highest BCUT2D eigenvalue weighted by Gasteiger charge is 2.33. The first-order valence-corrected chi connectivity index (χ1v) is 7.15. The van der Waals surface area contributed by atoms with Crippen LogP contribution >= 0.6 is 0 Å². The summed E-state index contributed by atoms with van der Waals surface area (Å²) < 4.78 is 43.5. The fraction of sp³-hybridized carbons (Fsp3) is 0.176. The van der Waals surface area contributed by atoms with Gasteiger partial charge in [-0.05, 0) is 42.0 Å². The van der Waals surface area contributed by atoms with Gasteiger partial charge in [-0.2, -0.15) is 13.2 Å². The van der Waals surface area contributed by atoms with Crippen LogP contribution in [-0.2, 0) is 15.8 Å². The Bertz CT molecular complexity index is 744. The maximum atomic E-state index is 12.8. The molecule has 0 bridgehead atoms. The lowest BCUT2D eigenvalue weighted by Gasteiger charge is -2.12. The van der Waals surface area contributed by atoms with E-state index in [0.29, 0.717) is 11.3 Å². The second-order valence-electron chi connectivity index (χ2n) is 4.87. The molecule has 5 nitrogen and oxygen atoms in total. The highest BCUT2D eigenvalue weighted by Crippen LogP contribution is 2.34. The molecule has 0 spiro atoms. The summed E-state index contributed by atoms with van der Waals surface area (Å²) in [5, 5.41) is 5.76. The summed E-state index contributed by atoms with van der Waals surface area (Å²) in [5.41, 5.74) is -0.545. The van der Waals surface area contributed by atoms with Gasteiger partial charge in [0.1, 0.15) is 5.75 Å². The molecule has 0 heterocycles. The molecule has 0 atom stereocenters. The number of benzene rings is 2. The van der Waals surface area contributed by atoms with Gasteiger partial charge < -0.3 is 14.9 Å². The van der Waals surface area contributed by atoms with Gasteiger partial charge in [0.2, 0.25) is 0 Å². The topological polar surface area (TPSA) is 59.9 Å². The molecule has 0 unspecified atom stereocenters. The van der Waals surface area contributed by atoms with Crippen molar-refractivity contribution in [2.75, 3.05) is 19.0 Å². The number of nitrogens with one attached hydrogen (secondary N) is 1. The molecular formula is C17H15F3N2O3. The van der Waals surface area contributed by atoms with Crippen molar-refractivity contribution < 1.29 is 27.5 Å². The number of para-hydroxylation sites is 1. The Kier molecular flexibility index (Phi) is 5.99. The number of alkyl halides is 3. The van der Waals surface area contributed by atoms with Gasteiger partial charge in [0.15, 0.2) is 6.61 Å². The van der Waals surface area contributed by atoms with Gasteiger partial charge in [0.25, 0.3) is 5.91 Å². The standard InChI is InChI=1S/C17H15F3N2O3/c1-24-13-8-6-12(7-9-13)10-21-25-11-16(23)22-15-5-3-2-4-14(15)17(18,19)20/h2-10H,11H2,1H3,(H,22,23)/b21-10+. The molecule has 1 amide bonds. The molecule has 0 aromatic heterocycles. The van der Waals surface area contributed by atoms with E-state index in [9.17, 15) is 18.0 Å². The van der Waals surface area contributed by atoms with E-state index < -0.39 is 24.3 Å². The third-order valence-corrected chi connectivity index (χ3v) is 3.09. The lowest BCUT2D eigenvalue weighted by Crippen LogP contribution is -2.20. The number of amides is 1. The second-order valence-corrected chi connectivity index (χ2v) is 4.87. The van der Waals surface area contributed by atoms with E-state index in [1.807, 2.05) is 0 Å². The third-order valence-electron chi connectivity index (χ3n) is 3.09. The van der Waals surface area contributed by atoms with Crippen LogP contribution in [0.1, 0.15) is 11.1 Å². The normalized spacial score (nSPS) is 11.4. The predicted octanol–water partition coefficient (Wildman–Crippen LogP) is 3.70. The van der Waals surface area contributed by atoms with Crippen LogP contribution in [0.3, 0.4) is 0 Å². The van der Waals surface area contributed by atoms with Crippen LogP contribution in [0.15, 0.2) is 53.7 Å². The first-order chi connectivity index (χ1) is 11.9. The molecule has 2 rings (SSSR count). The number of nitrogens with zero attached hydrogens (tertiary/aromatic N) is 1. The van der Waals surface area contributed by atoms with Crippen LogP contribution in [0.4, 0.5) is 18.9 Å². The number of carbonyl (C=O) groups excluding carboxylic acids is 1. The number of anilines is 1. The zero-order valence-corrected chi connectivity index (χ0v) is 13.2. The predicted molar refractivity (Wildman–Crippen MR) is 86.6 cm³/mol. The van der Waals surface area contributed by atoms with Gasteiger partial charge >= 0.3 is 6.18 Å². The van der Waals surface area contributed by atoms with Gasteiger partial charge in [0, 0.05) is 0 Å². The fourth-order valence-electron chi connectivity index (χ4n) is 1.91. The lowest BCUT2D eigenvalue weighted by molar-refractivity contribution is -0.137. The number of hydrogen-bond acceptors (Lipinski definition) is 4. The van der Waals surface area contributed by atoms with Crippen LogP contribution in [0, 0.1) is 0 Å². The van der Waals surface area contributed by atoms with Gasteiger partial charge in [-0.25, -0.2) is 0 Å². The summed E-state index contributed by atoms with van der Waals surface area (Å²) in [4.78, 5) is 16.5. The molecule has 0 saturated heterocycles. The molecule has 8 heteroatoms. The smallest absolute Gasteiger partial charge is 0.418 e. The molecular weight excluding hydrogens is 337 g/mol. The van der Waals surface area contributed by atoms with Crippen LogP contribution in [0.25, 0.3) is 0 Å². The number of rotatable bonds is 6. The minimum Gasteiger partial charge on any atom is -0.497 e. The molecule has 2 aromatic rings. The maximum Gasteiger partial charge on any atom is 0.418 e. The van der Waals surface area contributed by atoms with Crippen molar-refractivity contribution in [2.24, 2.45) is 5.16 Å². The van der Waals surface area contributed by atoms with Crippen molar-refractivity contribution in [2.45, 2.75) is 6.18 Å². The van der Waals surface area contributed by atoms with Gasteiger partial charge in [-0.3, -0.25) is 4.79 Å². The Labute approximate surface area is 142 Å². The summed E-state index contributed by atoms with van der Waals surface area (Å²) in [6.45, 7) is -0.515. The van der Waals surface area contributed by atoms with E-state index in [-0.39, 0.29) is 5.69 Å². The molecule has 0 radical (unpaired) electrons. The quantitative estimate of drug-likeness (QED) is 0.637. The van der Waals surface area contributed by atoms with E-state index in [4.69, 9.17) is 9.57 Å². The molecule has 132 valence electrons. The van der Waals surface area contributed by atoms with Crippen LogP contribution in [-0.4, -0.2) is 25.8 Å². The van der Waals surface area contributed by atoms with Gasteiger partial charge in [-0.1, -0.05) is 17.3 Å². The molecule has 0 saturated carbocycles. The van der Waals surface area contributed by atoms with Crippen molar-refractivity contribution in [3.63, 3.8) is 0 Å². The van der Waals surface area contributed by atoms with Crippen molar-refractivity contribution >= 4 is 17.8 Å². The highest BCUT2D eigenvalue weighted by molar-refractivity contribution is 5.92. The average molecular weight is 352 g/mol. The van der Waals surface area contributed by atoms with E-state index in [0.717, 1.165) is 6.07 Å². The summed E-state index contributed by atoms with van der Waals surface area (Å²) in [7, 11) is 1.54. The van der Waals surface area contributed by atoms with Crippen molar-refractivity contribution in [1.29, 1.82) is 0 Å². The Hall–Kier alpha value is -3.03. The highest BCUT2D eigenvalue weighted by atomic mass is 19.4. The van der Waals surface area contributed by atoms with Gasteiger partial charge in [0.05, 0.1) is 24.6 Å². The molecule has 0 aliphatic rings. The lowest BCUT2D eigenvalue weighted by atomic mass is 10.1. The van der Waals surface area contributed by atoms with E-state index in [2.05, 4.69) is 10.5 Å². The monoisotopic (exact) mass is 352 g/mol. The number of oxime groups is 1. The van der Waals surface area contributed by atoms with Crippen LogP contribution in [0.2, 0.25) is 0 Å². The maximum absolute atomic E-state index is 12.8. The van der Waals surface area contributed by atoms with E-state index in [1.54, 1.807) is 31.4 Å². The first-order valence-electron chi connectivity index (χ1n) is 7.15.